The highest BCUT2D eigenvalue weighted by molar-refractivity contribution is 5.87. The van der Waals surface area contributed by atoms with Crippen LogP contribution in [0.1, 0.15) is 31.9 Å². The van der Waals surface area contributed by atoms with Crippen LogP contribution in [0.3, 0.4) is 0 Å². The molecule has 2 aromatic carbocycles. The topological polar surface area (TPSA) is 107 Å². The summed E-state index contributed by atoms with van der Waals surface area (Å²) < 4.78 is 21.5. The Morgan fingerprint density at radius 2 is 1.88 bits per heavy atom. The van der Waals surface area contributed by atoms with E-state index in [1.165, 1.54) is 6.21 Å². The van der Waals surface area contributed by atoms with Crippen LogP contribution in [-0.2, 0) is 20.9 Å². The molecule has 3 rings (SSSR count). The SMILES string of the molecule is CC(C)(C)OC(=O)NC(COCc1ccccc1)C(=O)NN=Cc1ccc2c(c1)OCO2. The molecule has 0 saturated heterocycles. The second-order valence-corrected chi connectivity index (χ2v) is 8.05. The Morgan fingerprint density at radius 3 is 2.62 bits per heavy atom. The Bertz CT molecular complexity index is 956. The first-order chi connectivity index (χ1) is 15.3. The lowest BCUT2D eigenvalue weighted by atomic mass is 10.2. The van der Waals surface area contributed by atoms with E-state index in [4.69, 9.17) is 18.9 Å². The number of fused-ring (bicyclic) bond motifs is 1. The molecular weight excluding hydrogens is 414 g/mol. The van der Waals surface area contributed by atoms with Crippen molar-refractivity contribution in [2.75, 3.05) is 13.4 Å². The fourth-order valence-electron chi connectivity index (χ4n) is 2.74. The van der Waals surface area contributed by atoms with Gasteiger partial charge in [0.2, 0.25) is 6.79 Å². The average molecular weight is 441 g/mol. The Kier molecular flexibility index (Phi) is 7.67. The van der Waals surface area contributed by atoms with Crippen molar-refractivity contribution in [2.45, 2.75) is 39.0 Å². The number of benzene rings is 2. The first kappa shape index (κ1) is 23.1. The fourth-order valence-corrected chi connectivity index (χ4v) is 2.74. The molecule has 32 heavy (non-hydrogen) atoms. The Hall–Kier alpha value is -3.59. The van der Waals surface area contributed by atoms with Crippen LogP contribution in [0, 0.1) is 0 Å². The lowest BCUT2D eigenvalue weighted by molar-refractivity contribution is -0.124. The van der Waals surface area contributed by atoms with Crippen molar-refractivity contribution in [1.82, 2.24) is 10.7 Å². The molecule has 2 aromatic rings. The molecule has 0 saturated carbocycles. The van der Waals surface area contributed by atoms with Gasteiger partial charge in [-0.3, -0.25) is 4.79 Å². The van der Waals surface area contributed by atoms with Crippen molar-refractivity contribution in [3.05, 3.63) is 59.7 Å². The van der Waals surface area contributed by atoms with E-state index < -0.39 is 23.6 Å². The van der Waals surface area contributed by atoms with E-state index in [9.17, 15) is 9.59 Å². The van der Waals surface area contributed by atoms with Crippen LogP contribution >= 0.6 is 0 Å². The van der Waals surface area contributed by atoms with E-state index in [2.05, 4.69) is 15.8 Å². The van der Waals surface area contributed by atoms with Crippen LogP contribution in [0.4, 0.5) is 4.79 Å². The molecule has 2 N–H and O–H groups in total. The number of carbonyl (C=O) groups excluding carboxylic acids is 2. The smallest absolute Gasteiger partial charge is 0.408 e. The number of hydrogen-bond donors (Lipinski definition) is 2. The van der Waals surface area contributed by atoms with Crippen LogP contribution < -0.4 is 20.2 Å². The first-order valence-electron chi connectivity index (χ1n) is 10.1. The second kappa shape index (κ2) is 10.6. The van der Waals surface area contributed by atoms with Crippen LogP contribution in [0.15, 0.2) is 53.6 Å². The number of nitrogens with one attached hydrogen (secondary N) is 2. The monoisotopic (exact) mass is 441 g/mol. The molecule has 1 aliphatic rings. The summed E-state index contributed by atoms with van der Waals surface area (Å²) in [4.78, 5) is 24.8. The number of nitrogens with zero attached hydrogens (tertiary/aromatic N) is 1. The highest BCUT2D eigenvalue weighted by Crippen LogP contribution is 2.31. The van der Waals surface area contributed by atoms with Crippen LogP contribution in [0.2, 0.25) is 0 Å². The zero-order chi connectivity index (χ0) is 23.0. The van der Waals surface area contributed by atoms with E-state index in [1.807, 2.05) is 30.3 Å². The summed E-state index contributed by atoms with van der Waals surface area (Å²) in [7, 11) is 0. The zero-order valence-electron chi connectivity index (χ0n) is 18.3. The number of alkyl carbamates (subject to hydrolysis) is 1. The summed E-state index contributed by atoms with van der Waals surface area (Å²) in [5.41, 5.74) is 3.39. The van der Waals surface area contributed by atoms with Crippen molar-refractivity contribution in [2.24, 2.45) is 5.10 Å². The van der Waals surface area contributed by atoms with Crippen LogP contribution in [-0.4, -0.2) is 43.3 Å². The summed E-state index contributed by atoms with van der Waals surface area (Å²) in [6.45, 7) is 5.63. The van der Waals surface area contributed by atoms with E-state index >= 15 is 0 Å². The predicted molar refractivity (Wildman–Crippen MR) is 118 cm³/mol. The summed E-state index contributed by atoms with van der Waals surface area (Å²) >= 11 is 0. The quantitative estimate of drug-likeness (QED) is 0.482. The van der Waals surface area contributed by atoms with E-state index in [0.717, 1.165) is 5.56 Å². The Balaban J connectivity index is 1.58. The van der Waals surface area contributed by atoms with Gasteiger partial charge in [0.25, 0.3) is 5.91 Å². The van der Waals surface area contributed by atoms with Gasteiger partial charge in [-0.2, -0.15) is 5.10 Å². The van der Waals surface area contributed by atoms with Crippen LogP contribution in [0.5, 0.6) is 11.5 Å². The summed E-state index contributed by atoms with van der Waals surface area (Å²) in [6.07, 6.45) is 0.746. The minimum atomic E-state index is -0.998. The summed E-state index contributed by atoms with van der Waals surface area (Å²) in [5.74, 6) is 0.725. The van der Waals surface area contributed by atoms with Gasteiger partial charge in [-0.25, -0.2) is 10.2 Å². The molecule has 9 heteroatoms. The number of amides is 2. The molecule has 0 aliphatic carbocycles. The normalized spacial score (nSPS) is 13.6. The van der Waals surface area contributed by atoms with Gasteiger partial charge in [0, 0.05) is 0 Å². The van der Waals surface area contributed by atoms with Gasteiger partial charge >= 0.3 is 6.09 Å². The largest absolute Gasteiger partial charge is 0.454 e. The fraction of sp³-hybridized carbons (Fsp3) is 0.348. The first-order valence-corrected chi connectivity index (χ1v) is 10.1. The lowest BCUT2D eigenvalue weighted by Gasteiger charge is -2.22. The van der Waals surface area contributed by atoms with Gasteiger partial charge in [-0.15, -0.1) is 0 Å². The minimum Gasteiger partial charge on any atom is -0.454 e. The molecular formula is C23H27N3O6. The molecule has 0 aromatic heterocycles. The molecule has 1 unspecified atom stereocenters. The highest BCUT2D eigenvalue weighted by Gasteiger charge is 2.24. The third kappa shape index (κ3) is 7.28. The Labute approximate surface area is 186 Å². The van der Waals surface area contributed by atoms with Gasteiger partial charge in [0.1, 0.15) is 11.6 Å². The second-order valence-electron chi connectivity index (χ2n) is 8.05. The van der Waals surface area contributed by atoms with E-state index in [1.54, 1.807) is 39.0 Å². The molecule has 0 fully saturated rings. The summed E-state index contributed by atoms with van der Waals surface area (Å²) in [5, 5.41) is 6.50. The number of hydrazone groups is 1. The molecule has 170 valence electrons. The van der Waals surface area contributed by atoms with Gasteiger partial charge in [0.15, 0.2) is 11.5 Å². The molecule has 0 bridgehead atoms. The van der Waals surface area contributed by atoms with Gasteiger partial charge < -0.3 is 24.3 Å². The van der Waals surface area contributed by atoms with Crippen molar-refractivity contribution in [1.29, 1.82) is 0 Å². The van der Waals surface area contributed by atoms with E-state index in [-0.39, 0.29) is 13.4 Å². The van der Waals surface area contributed by atoms with E-state index in [0.29, 0.717) is 23.7 Å². The minimum absolute atomic E-state index is 0.0560. The Morgan fingerprint density at radius 1 is 1.12 bits per heavy atom. The maximum absolute atomic E-state index is 12.6. The van der Waals surface area contributed by atoms with Crippen molar-refractivity contribution in [3.63, 3.8) is 0 Å². The molecule has 9 nitrogen and oxygen atoms in total. The van der Waals surface area contributed by atoms with Gasteiger partial charge in [-0.1, -0.05) is 30.3 Å². The van der Waals surface area contributed by atoms with Crippen molar-refractivity contribution in [3.8, 4) is 11.5 Å². The predicted octanol–water partition coefficient (Wildman–Crippen LogP) is 2.98. The molecule has 0 radical (unpaired) electrons. The number of rotatable bonds is 8. The highest BCUT2D eigenvalue weighted by atomic mass is 16.7. The molecule has 1 aliphatic heterocycles. The van der Waals surface area contributed by atoms with Gasteiger partial charge in [0.05, 0.1) is 19.4 Å². The van der Waals surface area contributed by atoms with Gasteiger partial charge in [-0.05, 0) is 50.1 Å². The molecule has 2 amide bonds. The van der Waals surface area contributed by atoms with Crippen LogP contribution in [0.25, 0.3) is 0 Å². The molecule has 1 heterocycles. The van der Waals surface area contributed by atoms with Crippen molar-refractivity contribution >= 4 is 18.2 Å². The van der Waals surface area contributed by atoms with Crippen molar-refractivity contribution < 1.29 is 28.5 Å². The standard InChI is InChI=1S/C23H27N3O6/c1-23(2,3)32-22(28)25-18(14-29-13-16-7-5-4-6-8-16)21(27)26-24-12-17-9-10-19-20(11-17)31-15-30-19/h4-12,18H,13-15H2,1-3H3,(H,25,28)(H,26,27). The third-order valence-electron chi connectivity index (χ3n) is 4.19. The number of carbonyl (C=O) groups is 2. The molecule has 0 spiro atoms. The lowest BCUT2D eigenvalue weighted by Crippen LogP contribution is -2.49. The molecule has 1 atom stereocenters. The number of ether oxygens (including phenoxy) is 4. The number of hydrogen-bond acceptors (Lipinski definition) is 7. The summed E-state index contributed by atoms with van der Waals surface area (Å²) in [6, 6.07) is 13.8. The zero-order valence-corrected chi connectivity index (χ0v) is 18.3. The maximum Gasteiger partial charge on any atom is 0.408 e. The average Bonchev–Trinajstić information content (AvgIpc) is 3.20. The maximum atomic E-state index is 12.6. The third-order valence-corrected chi connectivity index (χ3v) is 4.19.